The van der Waals surface area contributed by atoms with Gasteiger partial charge in [0.1, 0.15) is 0 Å². The van der Waals surface area contributed by atoms with Gasteiger partial charge in [-0.3, -0.25) is 0 Å². The summed E-state index contributed by atoms with van der Waals surface area (Å²) in [5.41, 5.74) is 26.8. The molecule has 17 aromatic rings. The summed E-state index contributed by atoms with van der Waals surface area (Å²) < 4.78 is 5.15. The largest absolute Gasteiger partial charge is 0.309 e. The first-order valence-corrected chi connectivity index (χ1v) is 35.0. The first-order valence-electron chi connectivity index (χ1n) is 33.4. The lowest BCUT2D eigenvalue weighted by Gasteiger charge is -2.32. The Labute approximate surface area is 567 Å². The van der Waals surface area contributed by atoms with Crippen molar-refractivity contribution in [2.45, 2.75) is 38.5 Å². The minimum atomic E-state index is -0.180. The fourth-order valence-electron chi connectivity index (χ4n) is 16.6. The summed E-state index contributed by atoms with van der Waals surface area (Å²) >= 11 is 3.74. The van der Waals surface area contributed by atoms with Gasteiger partial charge in [-0.05, 0) is 168 Å². The molecule has 0 bridgehead atoms. The molecule has 4 heteroatoms. The highest BCUT2D eigenvalue weighted by Gasteiger charge is 2.40. The fourth-order valence-corrected chi connectivity index (χ4v) is 18.7. The van der Waals surface area contributed by atoms with Gasteiger partial charge in [-0.1, -0.05) is 258 Å². The molecule has 0 saturated carbocycles. The maximum Gasteiger partial charge on any atom is 0.0543 e. The van der Waals surface area contributed by atoms with Crippen LogP contribution in [0.3, 0.4) is 0 Å². The van der Waals surface area contributed by atoms with Crippen LogP contribution in [-0.4, -0.2) is 0 Å². The Bertz CT molecular complexity index is 6050. The van der Waals surface area contributed by atoms with Crippen molar-refractivity contribution in [3.05, 3.63) is 338 Å². The van der Waals surface area contributed by atoms with Crippen LogP contribution in [0.25, 0.3) is 129 Å². The van der Waals surface area contributed by atoms with Gasteiger partial charge < -0.3 is 9.80 Å². The lowest BCUT2D eigenvalue weighted by Crippen LogP contribution is -2.16. The second-order valence-electron chi connectivity index (χ2n) is 27.0. The van der Waals surface area contributed by atoms with Crippen LogP contribution in [0.4, 0.5) is 34.1 Å². The second kappa shape index (κ2) is 21.7. The van der Waals surface area contributed by atoms with E-state index < -0.39 is 0 Å². The fraction of sp³-hybridized carbons (Fsp3) is 0.0652. The lowest BCUT2D eigenvalue weighted by atomic mass is 9.79. The first-order chi connectivity index (χ1) is 47.1. The summed E-state index contributed by atoms with van der Waals surface area (Å²) in [4.78, 5) is 5.06. The molecule has 15 aromatic carbocycles. The van der Waals surface area contributed by atoms with Gasteiger partial charge in [0.25, 0.3) is 0 Å². The number of rotatable bonds is 10. The predicted octanol–water partition coefficient (Wildman–Crippen LogP) is 26.9. The van der Waals surface area contributed by atoms with E-state index in [0.717, 1.165) is 34.0 Å². The third-order valence-corrected chi connectivity index (χ3v) is 23.4. The quantitative estimate of drug-likeness (QED) is 0.135. The number of para-hydroxylation sites is 2. The minimum Gasteiger partial charge on any atom is -0.309 e. The Kier molecular flexibility index (Phi) is 12.8. The number of benzene rings is 15. The molecule has 0 aliphatic heterocycles. The molecule has 454 valence electrons. The van der Waals surface area contributed by atoms with Gasteiger partial charge in [-0.2, -0.15) is 0 Å². The molecule has 0 unspecified atom stereocenters. The Balaban J connectivity index is 0.743. The zero-order chi connectivity index (χ0) is 64.0. The summed E-state index contributed by atoms with van der Waals surface area (Å²) in [6.07, 6.45) is 0. The van der Waals surface area contributed by atoms with Gasteiger partial charge >= 0.3 is 0 Å². The zero-order valence-corrected chi connectivity index (χ0v) is 55.4. The number of anilines is 6. The molecule has 0 saturated heterocycles. The molecule has 2 heterocycles. The molecule has 0 radical (unpaired) electrons. The van der Waals surface area contributed by atoms with Crippen LogP contribution in [0, 0.1) is 0 Å². The number of thiophene rings is 2. The van der Waals surface area contributed by atoms with E-state index in [2.05, 4.69) is 353 Å². The third-order valence-electron chi connectivity index (χ3n) is 21.1. The predicted molar refractivity (Wildman–Crippen MR) is 413 cm³/mol. The molecule has 0 N–H and O–H groups in total. The topological polar surface area (TPSA) is 6.48 Å². The monoisotopic (exact) mass is 1260 g/mol. The summed E-state index contributed by atoms with van der Waals surface area (Å²) in [6.45, 7) is 9.52. The van der Waals surface area contributed by atoms with E-state index in [4.69, 9.17) is 0 Å². The van der Waals surface area contributed by atoms with Crippen molar-refractivity contribution in [2.24, 2.45) is 0 Å². The molecule has 0 atom stereocenters. The van der Waals surface area contributed by atoms with Crippen LogP contribution in [0.5, 0.6) is 0 Å². The van der Waals surface area contributed by atoms with Crippen molar-refractivity contribution in [1.82, 2.24) is 0 Å². The van der Waals surface area contributed by atoms with E-state index in [1.54, 1.807) is 0 Å². The Hall–Kier alpha value is -11.1. The molecule has 2 nitrogen and oxygen atoms in total. The third kappa shape index (κ3) is 8.62. The Morgan fingerprint density at radius 2 is 0.677 bits per heavy atom. The van der Waals surface area contributed by atoms with Crippen LogP contribution in [0.2, 0.25) is 0 Å². The van der Waals surface area contributed by atoms with Crippen molar-refractivity contribution in [3.8, 4) is 66.8 Å². The Morgan fingerprint density at radius 3 is 1.38 bits per heavy atom. The van der Waals surface area contributed by atoms with Gasteiger partial charge in [0.15, 0.2) is 0 Å². The van der Waals surface area contributed by atoms with E-state index in [1.807, 2.05) is 22.7 Å². The van der Waals surface area contributed by atoms with Gasteiger partial charge in [-0.15, -0.1) is 22.7 Å². The van der Waals surface area contributed by atoms with Crippen LogP contribution in [0.1, 0.15) is 49.9 Å². The number of nitrogens with zero attached hydrogens (tertiary/aromatic N) is 2. The molecule has 0 spiro atoms. The molecule has 0 amide bonds. The highest BCUT2D eigenvalue weighted by Crippen LogP contribution is 2.58. The zero-order valence-electron chi connectivity index (χ0n) is 53.7. The highest BCUT2D eigenvalue weighted by atomic mass is 32.1. The lowest BCUT2D eigenvalue weighted by molar-refractivity contribution is 0.660. The molecule has 2 aromatic heterocycles. The summed E-state index contributed by atoms with van der Waals surface area (Å²) in [6, 6.07) is 119. The van der Waals surface area contributed by atoms with Crippen molar-refractivity contribution < 1.29 is 0 Å². The standard InChI is InChI=1S/C92H64N2S2/c1-91(2)78-35-15-10-31-73(78)89-79(91)36-21-40-84(89)94(82-38-17-12-26-66(82)60-45-52-86-74(55-60)71-30-13-18-41-85(71)95-86)83-50-49-63(68-27-7-8-29-70(68)83)59-44-51-87-75(54-59)76-56-61(46-53-88(76)96-87)65-25-11-16-37-80(65)93(81-39-19-23-57-22-5-6-24-64(57)81)62-47-42-58(43-48-62)67-32-20-33-72-69-28-9-14-34-77(69)92(3,4)90(67)72/h5-56H,1-4H3. The molecule has 2 aliphatic carbocycles. The summed E-state index contributed by atoms with van der Waals surface area (Å²) in [7, 11) is 0. The van der Waals surface area contributed by atoms with Gasteiger partial charge in [0.2, 0.25) is 0 Å². The molecular weight excluding hydrogens is 1200 g/mol. The number of hydrogen-bond acceptors (Lipinski definition) is 4. The Morgan fingerprint density at radius 1 is 0.240 bits per heavy atom. The van der Waals surface area contributed by atoms with Crippen LogP contribution in [-0.2, 0) is 10.8 Å². The normalized spacial score (nSPS) is 13.4. The molecule has 2 aliphatic rings. The molecule has 96 heavy (non-hydrogen) atoms. The van der Waals surface area contributed by atoms with E-state index in [-0.39, 0.29) is 10.8 Å². The molecule has 0 fully saturated rings. The van der Waals surface area contributed by atoms with Gasteiger partial charge in [0, 0.05) is 84.3 Å². The van der Waals surface area contributed by atoms with Crippen molar-refractivity contribution in [1.29, 1.82) is 0 Å². The van der Waals surface area contributed by atoms with Crippen molar-refractivity contribution >= 4 is 119 Å². The molecular formula is C92H64N2S2. The number of fused-ring (bicyclic) bond motifs is 14. The SMILES string of the molecule is CC1(C)c2ccccc2-c2c(N(c3ccccc3-c3ccc4sc5ccccc5c4c3)c3ccc(-c4ccc5sc6ccc(-c7ccccc7N(c7ccc(-c8cccc9c8C(C)(C)c8ccccc8-9)cc7)c7cccc8ccccc78)cc6c5c4)c4ccccc34)cccc21. The van der Waals surface area contributed by atoms with E-state index >= 15 is 0 Å². The van der Waals surface area contributed by atoms with Crippen LogP contribution >= 0.6 is 22.7 Å². The highest BCUT2D eigenvalue weighted by molar-refractivity contribution is 7.26. The average Bonchev–Trinajstić information content (AvgIpc) is 1.53. The summed E-state index contributed by atoms with van der Waals surface area (Å²) in [5.74, 6) is 0. The molecule has 19 rings (SSSR count). The van der Waals surface area contributed by atoms with Gasteiger partial charge in [0.05, 0.1) is 28.4 Å². The van der Waals surface area contributed by atoms with Crippen LogP contribution < -0.4 is 9.80 Å². The smallest absolute Gasteiger partial charge is 0.0543 e. The van der Waals surface area contributed by atoms with Crippen LogP contribution in [0.15, 0.2) is 315 Å². The van der Waals surface area contributed by atoms with E-state index in [0.29, 0.717) is 0 Å². The number of hydrogen-bond donors (Lipinski definition) is 0. The summed E-state index contributed by atoms with van der Waals surface area (Å²) in [5, 5.41) is 9.89. The van der Waals surface area contributed by atoms with E-state index in [9.17, 15) is 0 Å². The van der Waals surface area contributed by atoms with Gasteiger partial charge in [-0.25, -0.2) is 0 Å². The second-order valence-corrected chi connectivity index (χ2v) is 29.2. The van der Waals surface area contributed by atoms with Crippen molar-refractivity contribution in [2.75, 3.05) is 9.80 Å². The minimum absolute atomic E-state index is 0.129. The average molecular weight is 1260 g/mol. The van der Waals surface area contributed by atoms with E-state index in [1.165, 1.54) is 151 Å². The van der Waals surface area contributed by atoms with Crippen molar-refractivity contribution in [3.63, 3.8) is 0 Å². The maximum absolute atomic E-state index is 2.58. The first kappa shape index (κ1) is 56.4. The maximum atomic E-state index is 2.58.